The van der Waals surface area contributed by atoms with Crippen LogP contribution in [-0.4, -0.2) is 56.8 Å². The Hall–Kier alpha value is -4.58. The van der Waals surface area contributed by atoms with E-state index in [0.29, 0.717) is 27.0 Å². The highest BCUT2D eigenvalue weighted by atomic mass is 79.9. The second kappa shape index (κ2) is 13.0. The Balaban J connectivity index is 1.30. The van der Waals surface area contributed by atoms with Crippen molar-refractivity contribution in [3.05, 3.63) is 77.0 Å². The number of nitrogens with one attached hydrogen (secondary N) is 1. The summed E-state index contributed by atoms with van der Waals surface area (Å²) in [6, 6.07) is 13.2. The number of carbonyl (C=O) groups excluding carboxylic acids is 2. The molecule has 1 fully saturated rings. The van der Waals surface area contributed by atoms with Crippen molar-refractivity contribution in [2.75, 3.05) is 22.6 Å². The molecule has 18 heteroatoms. The van der Waals surface area contributed by atoms with Gasteiger partial charge in [-0.2, -0.15) is 18.2 Å². The Bertz CT molecular complexity index is 1810. The van der Waals surface area contributed by atoms with E-state index in [2.05, 4.69) is 41.1 Å². The third kappa shape index (κ3) is 8.16. The third-order valence-corrected chi connectivity index (χ3v) is 7.58. The van der Waals surface area contributed by atoms with Crippen LogP contribution in [0.4, 0.5) is 42.5 Å². The summed E-state index contributed by atoms with van der Waals surface area (Å²) in [6.07, 6.45) is -8.05. The molecule has 46 heavy (non-hydrogen) atoms. The highest BCUT2D eigenvalue weighted by Crippen LogP contribution is 2.36. The van der Waals surface area contributed by atoms with Crippen molar-refractivity contribution in [1.82, 2.24) is 14.8 Å². The number of rotatable bonds is 7. The van der Waals surface area contributed by atoms with E-state index in [4.69, 9.17) is 4.74 Å². The van der Waals surface area contributed by atoms with Crippen LogP contribution in [0.5, 0.6) is 11.5 Å². The van der Waals surface area contributed by atoms with Gasteiger partial charge in [0.15, 0.2) is 17.6 Å². The lowest BCUT2D eigenvalue weighted by molar-refractivity contribution is -0.274. The molecule has 1 aliphatic heterocycles. The molecular formula is C28H19BrF6N6O4S. The molecule has 4 aromatic rings. The van der Waals surface area contributed by atoms with Gasteiger partial charge in [-0.1, -0.05) is 17.8 Å². The van der Waals surface area contributed by atoms with Gasteiger partial charge in [-0.3, -0.25) is 9.69 Å². The number of amidine groups is 1. The van der Waals surface area contributed by atoms with Gasteiger partial charge in [-0.15, -0.1) is 18.3 Å². The fourth-order valence-corrected chi connectivity index (χ4v) is 5.41. The van der Waals surface area contributed by atoms with E-state index in [1.807, 2.05) is 0 Å². The summed E-state index contributed by atoms with van der Waals surface area (Å²) in [4.78, 5) is 34.8. The van der Waals surface area contributed by atoms with Crippen molar-refractivity contribution in [1.29, 1.82) is 0 Å². The fraction of sp³-hybridized carbons (Fsp3) is 0.179. The number of amides is 3. The summed E-state index contributed by atoms with van der Waals surface area (Å²) in [7, 11) is 0. The molecule has 0 radical (unpaired) electrons. The molecule has 10 nitrogen and oxygen atoms in total. The van der Waals surface area contributed by atoms with Crippen LogP contribution in [0, 0.1) is 6.92 Å². The van der Waals surface area contributed by atoms with Gasteiger partial charge in [0.05, 0.1) is 22.8 Å². The SMILES string of the molecule is Cc1ccc(OCC(F)(F)F)c(N2C(=O)CSC2=NC(=O)Nc2ccc(-c3ncn(-c4ccc(OC(F)(F)F)cc4)n3)cc2Br)c1. The number of halogens is 7. The normalized spacial score (nSPS) is 14.6. The van der Waals surface area contributed by atoms with Crippen LogP contribution >= 0.6 is 27.7 Å². The molecule has 0 bridgehead atoms. The van der Waals surface area contributed by atoms with E-state index in [0.717, 1.165) is 28.8 Å². The molecular weight excluding hydrogens is 710 g/mol. The predicted octanol–water partition coefficient (Wildman–Crippen LogP) is 7.51. The number of anilines is 2. The number of hydrogen-bond donors (Lipinski definition) is 1. The van der Waals surface area contributed by atoms with Crippen LogP contribution in [0.3, 0.4) is 0 Å². The van der Waals surface area contributed by atoms with Crippen LogP contribution in [0.15, 0.2) is 76.5 Å². The van der Waals surface area contributed by atoms with Crippen LogP contribution < -0.4 is 19.7 Å². The number of benzene rings is 3. The molecule has 1 saturated heterocycles. The highest BCUT2D eigenvalue weighted by Gasteiger charge is 2.35. The molecule has 5 rings (SSSR count). The van der Waals surface area contributed by atoms with E-state index in [9.17, 15) is 35.9 Å². The van der Waals surface area contributed by atoms with Crippen molar-refractivity contribution in [2.24, 2.45) is 4.99 Å². The van der Waals surface area contributed by atoms with Gasteiger partial charge in [0.25, 0.3) is 0 Å². The average molecular weight is 729 g/mol. The van der Waals surface area contributed by atoms with Crippen LogP contribution in [-0.2, 0) is 4.79 Å². The number of aliphatic imine (C=N–C) groups is 1. The number of aromatic nitrogens is 3. The third-order valence-electron chi connectivity index (χ3n) is 6.00. The van der Waals surface area contributed by atoms with E-state index in [1.165, 1.54) is 47.4 Å². The second-order valence-corrected chi connectivity index (χ2v) is 11.3. The Kier molecular flexibility index (Phi) is 9.29. The summed E-state index contributed by atoms with van der Waals surface area (Å²) in [5.41, 5.74) is 1.91. The summed E-state index contributed by atoms with van der Waals surface area (Å²) >= 11 is 4.31. The minimum atomic E-state index is -4.81. The van der Waals surface area contributed by atoms with Gasteiger partial charge in [-0.05, 0) is 83.0 Å². The van der Waals surface area contributed by atoms with Gasteiger partial charge in [0.1, 0.15) is 17.8 Å². The number of nitrogens with zero attached hydrogens (tertiary/aromatic N) is 5. The minimum absolute atomic E-state index is 0.0221. The molecule has 240 valence electrons. The van der Waals surface area contributed by atoms with Crippen molar-refractivity contribution >= 4 is 56.2 Å². The smallest absolute Gasteiger partial charge is 0.482 e. The molecule has 0 atom stereocenters. The zero-order valence-corrected chi connectivity index (χ0v) is 25.6. The van der Waals surface area contributed by atoms with Gasteiger partial charge >= 0.3 is 18.6 Å². The first kappa shape index (κ1) is 32.8. The largest absolute Gasteiger partial charge is 0.573 e. The Morgan fingerprint density at radius 3 is 2.48 bits per heavy atom. The highest BCUT2D eigenvalue weighted by molar-refractivity contribution is 9.10. The maximum Gasteiger partial charge on any atom is 0.573 e. The van der Waals surface area contributed by atoms with Gasteiger partial charge in [0.2, 0.25) is 5.91 Å². The van der Waals surface area contributed by atoms with Gasteiger partial charge in [0, 0.05) is 10.0 Å². The molecule has 0 aliphatic carbocycles. The maximum atomic E-state index is 12.9. The first-order valence-electron chi connectivity index (χ1n) is 12.9. The van der Waals surface area contributed by atoms with E-state index in [-0.39, 0.29) is 33.9 Å². The lowest BCUT2D eigenvalue weighted by Gasteiger charge is -2.21. The number of aryl methyl sites for hydroxylation is 1. The van der Waals surface area contributed by atoms with E-state index >= 15 is 0 Å². The Labute approximate surface area is 268 Å². The van der Waals surface area contributed by atoms with Crippen molar-refractivity contribution < 1.29 is 45.4 Å². The summed E-state index contributed by atoms with van der Waals surface area (Å²) in [5, 5.41) is 6.87. The van der Waals surface area contributed by atoms with Crippen molar-refractivity contribution in [3.8, 4) is 28.6 Å². The Morgan fingerprint density at radius 2 is 1.80 bits per heavy atom. The number of hydrogen-bond acceptors (Lipinski definition) is 7. The number of thioether (sulfide) groups is 1. The molecule has 0 spiro atoms. The molecule has 3 aromatic carbocycles. The van der Waals surface area contributed by atoms with Crippen LogP contribution in [0.1, 0.15) is 5.56 Å². The van der Waals surface area contributed by atoms with E-state index in [1.54, 1.807) is 19.1 Å². The van der Waals surface area contributed by atoms with Crippen LogP contribution in [0.25, 0.3) is 17.1 Å². The first-order chi connectivity index (χ1) is 21.6. The standard InChI is InChI=1S/C28H19BrF6N6O4S/c1-15-2-9-22(44-13-27(30,31)32)21(10-15)41-23(42)12-46-26(41)38-25(43)37-20-8-3-16(11-19(20)29)24-36-14-40(39-24)17-4-6-18(7-5-17)45-28(33,34)35/h2-11,14H,12-13H2,1H3,(H,37,43). The number of urea groups is 1. The minimum Gasteiger partial charge on any atom is -0.482 e. The predicted molar refractivity (Wildman–Crippen MR) is 160 cm³/mol. The van der Waals surface area contributed by atoms with Crippen molar-refractivity contribution in [2.45, 2.75) is 19.5 Å². The summed E-state index contributed by atoms with van der Waals surface area (Å²) < 4.78 is 86.3. The zero-order valence-electron chi connectivity index (χ0n) is 23.2. The lowest BCUT2D eigenvalue weighted by Crippen LogP contribution is -2.31. The molecule has 3 amide bonds. The maximum absolute atomic E-state index is 12.9. The number of ether oxygens (including phenoxy) is 2. The van der Waals surface area contributed by atoms with Gasteiger partial charge in [-0.25, -0.2) is 14.5 Å². The average Bonchev–Trinajstić information content (AvgIpc) is 3.59. The summed E-state index contributed by atoms with van der Waals surface area (Å²) in [5.74, 6) is -0.908. The molecule has 1 N–H and O–H groups in total. The monoisotopic (exact) mass is 728 g/mol. The lowest BCUT2D eigenvalue weighted by atomic mass is 10.2. The zero-order chi connectivity index (χ0) is 33.2. The summed E-state index contributed by atoms with van der Waals surface area (Å²) in [6.45, 7) is 0.114. The topological polar surface area (TPSA) is 111 Å². The van der Waals surface area contributed by atoms with E-state index < -0.39 is 31.1 Å². The van der Waals surface area contributed by atoms with Crippen LogP contribution in [0.2, 0.25) is 0 Å². The Morgan fingerprint density at radius 1 is 1.07 bits per heavy atom. The molecule has 0 unspecified atom stereocenters. The number of alkyl halides is 6. The first-order valence-corrected chi connectivity index (χ1v) is 14.7. The molecule has 2 heterocycles. The second-order valence-electron chi connectivity index (χ2n) is 9.47. The van der Waals surface area contributed by atoms with Crippen molar-refractivity contribution in [3.63, 3.8) is 0 Å². The molecule has 0 saturated carbocycles. The molecule has 1 aliphatic rings. The quantitative estimate of drug-likeness (QED) is 0.196. The van der Waals surface area contributed by atoms with Gasteiger partial charge < -0.3 is 14.8 Å². The number of carbonyl (C=O) groups is 2. The molecule has 1 aromatic heterocycles. The fourth-order valence-electron chi connectivity index (χ4n) is 4.07.